The van der Waals surface area contributed by atoms with Crippen LogP contribution in [0.15, 0.2) is 58.6 Å². The Hall–Kier alpha value is -1.58. The zero-order chi connectivity index (χ0) is 14.8. The van der Waals surface area contributed by atoms with E-state index >= 15 is 0 Å². The third kappa shape index (κ3) is 2.71. The van der Waals surface area contributed by atoms with Gasteiger partial charge in [0.2, 0.25) is 0 Å². The molecule has 0 unspecified atom stereocenters. The number of pyridine rings is 1. The summed E-state index contributed by atoms with van der Waals surface area (Å²) in [4.78, 5) is 8.46. The fraction of sp³-hybridized carbons (Fsp3) is 0.316. The lowest BCUT2D eigenvalue weighted by Gasteiger charge is -2.21. The number of rotatable bonds is 3. The standard InChI is InChI=1S/C19H20N2S/c1-2-10-18-16(7-1)15(9-6-14-21-12-3-4-13-21)17-8-5-11-20-19(17)22-18/h1-2,5,7-11H,3-4,6,12-14H2. The number of benzene rings is 1. The van der Waals surface area contributed by atoms with Gasteiger partial charge in [0.1, 0.15) is 5.03 Å². The summed E-state index contributed by atoms with van der Waals surface area (Å²) < 4.78 is 0. The van der Waals surface area contributed by atoms with Gasteiger partial charge in [0.05, 0.1) is 0 Å². The molecule has 1 aromatic heterocycles. The molecule has 0 N–H and O–H groups in total. The molecule has 0 bridgehead atoms. The van der Waals surface area contributed by atoms with Gasteiger partial charge in [-0.25, -0.2) is 4.98 Å². The molecule has 0 radical (unpaired) electrons. The van der Waals surface area contributed by atoms with E-state index in [-0.39, 0.29) is 0 Å². The number of nitrogens with zero attached hydrogens (tertiary/aromatic N) is 2. The van der Waals surface area contributed by atoms with Crippen LogP contribution >= 0.6 is 11.8 Å². The van der Waals surface area contributed by atoms with Crippen LogP contribution in [0.25, 0.3) is 5.57 Å². The summed E-state index contributed by atoms with van der Waals surface area (Å²) >= 11 is 1.78. The van der Waals surface area contributed by atoms with Crippen molar-refractivity contribution in [1.82, 2.24) is 9.88 Å². The first-order valence-electron chi connectivity index (χ1n) is 8.07. The quantitative estimate of drug-likeness (QED) is 0.710. The molecule has 0 saturated carbocycles. The van der Waals surface area contributed by atoms with Crippen LogP contribution in [-0.2, 0) is 0 Å². The second-order valence-electron chi connectivity index (χ2n) is 5.91. The second kappa shape index (κ2) is 6.27. The SMILES string of the molecule is C(CCN1CCCC1)=C1c2ccccc2Sc2ncccc21. The van der Waals surface area contributed by atoms with Gasteiger partial charge in [-0.15, -0.1) is 0 Å². The second-order valence-corrected chi connectivity index (χ2v) is 6.94. The largest absolute Gasteiger partial charge is 0.303 e. The number of hydrogen-bond donors (Lipinski definition) is 0. The van der Waals surface area contributed by atoms with Crippen molar-refractivity contribution in [2.45, 2.75) is 29.2 Å². The zero-order valence-corrected chi connectivity index (χ0v) is 13.5. The molecule has 0 spiro atoms. The highest BCUT2D eigenvalue weighted by atomic mass is 32.2. The lowest BCUT2D eigenvalue weighted by molar-refractivity contribution is 0.346. The van der Waals surface area contributed by atoms with Crippen molar-refractivity contribution in [2.24, 2.45) is 0 Å². The summed E-state index contributed by atoms with van der Waals surface area (Å²) in [7, 11) is 0. The molecule has 2 aliphatic heterocycles. The Bertz CT molecular complexity index is 655. The molecule has 3 heteroatoms. The molecule has 2 aromatic rings. The van der Waals surface area contributed by atoms with Crippen molar-refractivity contribution < 1.29 is 0 Å². The first kappa shape index (κ1) is 14.0. The number of aromatic nitrogens is 1. The fourth-order valence-corrected chi connectivity index (χ4v) is 4.37. The summed E-state index contributed by atoms with van der Waals surface area (Å²) in [5.41, 5.74) is 4.00. The molecule has 22 heavy (non-hydrogen) atoms. The van der Waals surface area contributed by atoms with Crippen molar-refractivity contribution in [3.8, 4) is 0 Å². The van der Waals surface area contributed by atoms with E-state index in [0.717, 1.165) is 11.4 Å². The maximum atomic E-state index is 4.57. The minimum absolute atomic E-state index is 1.11. The normalized spacial score (nSPS) is 19.2. The highest BCUT2D eigenvalue weighted by Gasteiger charge is 2.21. The smallest absolute Gasteiger partial charge is 0.109 e. The third-order valence-electron chi connectivity index (χ3n) is 4.44. The predicted molar refractivity (Wildman–Crippen MR) is 92.2 cm³/mol. The molecule has 1 fully saturated rings. The summed E-state index contributed by atoms with van der Waals surface area (Å²) in [5, 5.41) is 1.13. The molecule has 1 aromatic carbocycles. The average Bonchev–Trinajstić information content (AvgIpc) is 3.07. The topological polar surface area (TPSA) is 16.1 Å². The maximum Gasteiger partial charge on any atom is 0.109 e. The van der Waals surface area contributed by atoms with E-state index in [1.807, 2.05) is 12.3 Å². The van der Waals surface area contributed by atoms with Crippen LogP contribution in [0.1, 0.15) is 30.4 Å². The molecular weight excluding hydrogens is 288 g/mol. The van der Waals surface area contributed by atoms with E-state index in [9.17, 15) is 0 Å². The van der Waals surface area contributed by atoms with Crippen LogP contribution in [0.2, 0.25) is 0 Å². The molecule has 112 valence electrons. The molecule has 1 saturated heterocycles. The Kier molecular flexibility index (Phi) is 4.00. The van der Waals surface area contributed by atoms with E-state index in [1.54, 1.807) is 11.8 Å². The van der Waals surface area contributed by atoms with Crippen LogP contribution in [0.3, 0.4) is 0 Å². The van der Waals surface area contributed by atoms with E-state index < -0.39 is 0 Å². The Balaban J connectivity index is 1.65. The summed E-state index contributed by atoms with van der Waals surface area (Å²) in [6.45, 7) is 3.72. The van der Waals surface area contributed by atoms with Gasteiger partial charge in [0.15, 0.2) is 0 Å². The highest BCUT2D eigenvalue weighted by molar-refractivity contribution is 7.99. The lowest BCUT2D eigenvalue weighted by Crippen LogP contribution is -2.19. The zero-order valence-electron chi connectivity index (χ0n) is 12.7. The van der Waals surface area contributed by atoms with Gasteiger partial charge in [-0.2, -0.15) is 0 Å². The van der Waals surface area contributed by atoms with Gasteiger partial charge in [-0.1, -0.05) is 42.1 Å². The van der Waals surface area contributed by atoms with Crippen LogP contribution < -0.4 is 0 Å². The fourth-order valence-electron chi connectivity index (χ4n) is 3.32. The average molecular weight is 308 g/mol. The van der Waals surface area contributed by atoms with E-state index in [4.69, 9.17) is 0 Å². The van der Waals surface area contributed by atoms with Crippen LogP contribution in [-0.4, -0.2) is 29.5 Å². The number of likely N-dealkylation sites (tertiary alicyclic amines) is 1. The Morgan fingerprint density at radius 3 is 2.77 bits per heavy atom. The van der Waals surface area contributed by atoms with Gasteiger partial charge >= 0.3 is 0 Å². The van der Waals surface area contributed by atoms with Crippen LogP contribution in [0.4, 0.5) is 0 Å². The van der Waals surface area contributed by atoms with Gasteiger partial charge < -0.3 is 4.90 Å². The summed E-state index contributed by atoms with van der Waals surface area (Å²) in [5.74, 6) is 0. The Morgan fingerprint density at radius 2 is 1.86 bits per heavy atom. The van der Waals surface area contributed by atoms with Crippen molar-refractivity contribution in [2.75, 3.05) is 19.6 Å². The van der Waals surface area contributed by atoms with Gasteiger partial charge in [-0.3, -0.25) is 0 Å². The Morgan fingerprint density at radius 1 is 1.05 bits per heavy atom. The van der Waals surface area contributed by atoms with Crippen molar-refractivity contribution in [1.29, 1.82) is 0 Å². The number of hydrogen-bond acceptors (Lipinski definition) is 3. The molecule has 2 aliphatic rings. The highest BCUT2D eigenvalue weighted by Crippen LogP contribution is 2.44. The van der Waals surface area contributed by atoms with Gasteiger partial charge in [-0.05, 0) is 55.6 Å². The minimum atomic E-state index is 1.11. The van der Waals surface area contributed by atoms with Crippen LogP contribution in [0.5, 0.6) is 0 Å². The molecular formula is C19H20N2S. The molecule has 2 nitrogen and oxygen atoms in total. The summed E-state index contributed by atoms with van der Waals surface area (Å²) in [6, 6.07) is 12.9. The summed E-state index contributed by atoms with van der Waals surface area (Å²) in [6.07, 6.45) is 8.15. The molecule has 4 rings (SSSR count). The molecule has 0 aliphatic carbocycles. The molecule has 0 amide bonds. The predicted octanol–water partition coefficient (Wildman–Crippen LogP) is 4.46. The monoisotopic (exact) mass is 308 g/mol. The first-order chi connectivity index (χ1) is 10.9. The van der Waals surface area contributed by atoms with E-state index in [1.165, 1.54) is 54.1 Å². The molecule has 3 heterocycles. The van der Waals surface area contributed by atoms with Crippen molar-refractivity contribution >= 4 is 17.3 Å². The van der Waals surface area contributed by atoms with Crippen molar-refractivity contribution in [3.63, 3.8) is 0 Å². The minimum Gasteiger partial charge on any atom is -0.303 e. The first-order valence-corrected chi connectivity index (χ1v) is 8.88. The maximum absolute atomic E-state index is 4.57. The number of fused-ring (bicyclic) bond motifs is 2. The van der Waals surface area contributed by atoms with E-state index in [0.29, 0.717) is 0 Å². The molecule has 0 atom stereocenters. The van der Waals surface area contributed by atoms with Gasteiger partial charge in [0, 0.05) is 23.2 Å². The van der Waals surface area contributed by atoms with Crippen LogP contribution in [0, 0.1) is 0 Å². The third-order valence-corrected chi connectivity index (χ3v) is 5.53. The lowest BCUT2D eigenvalue weighted by atomic mass is 9.97. The van der Waals surface area contributed by atoms with E-state index in [2.05, 4.69) is 46.3 Å². The van der Waals surface area contributed by atoms with Gasteiger partial charge in [0.25, 0.3) is 0 Å². The Labute approximate surface area is 136 Å². The van der Waals surface area contributed by atoms with Crippen molar-refractivity contribution in [3.05, 3.63) is 59.8 Å².